The zero-order chi connectivity index (χ0) is 17.5. The number of thiazole rings is 1. The second-order valence-electron chi connectivity index (χ2n) is 5.34. The lowest BCUT2D eigenvalue weighted by atomic mass is 10.1. The summed E-state index contributed by atoms with van der Waals surface area (Å²) in [5.74, 6) is 1.74. The Morgan fingerprint density at radius 3 is 2.80 bits per heavy atom. The van der Waals surface area contributed by atoms with E-state index in [0.29, 0.717) is 0 Å². The van der Waals surface area contributed by atoms with Crippen LogP contribution < -0.4 is 10.2 Å². The summed E-state index contributed by atoms with van der Waals surface area (Å²) in [7, 11) is 1.70. The van der Waals surface area contributed by atoms with Gasteiger partial charge in [-0.25, -0.2) is 4.98 Å². The highest BCUT2D eigenvalue weighted by molar-refractivity contribution is 7.98. The third-order valence-corrected chi connectivity index (χ3v) is 5.37. The molecule has 2 aromatic carbocycles. The molecule has 1 heterocycles. The molecule has 0 saturated carbocycles. The van der Waals surface area contributed by atoms with Gasteiger partial charge in [0.25, 0.3) is 0 Å². The molecule has 0 atom stereocenters. The molecule has 3 aromatic rings. The number of nitrogens with zero attached hydrogens (tertiary/aromatic N) is 2. The maximum Gasteiger partial charge on any atom is 0.203 e. The van der Waals surface area contributed by atoms with Crippen LogP contribution in [0.25, 0.3) is 0 Å². The number of methoxy groups -OCH3 is 1. The molecule has 1 N–H and O–H groups in total. The first-order chi connectivity index (χ1) is 12.2. The predicted octanol–water partition coefficient (Wildman–Crippen LogP) is 5.20. The van der Waals surface area contributed by atoms with Crippen molar-refractivity contribution in [2.24, 2.45) is 5.10 Å². The first kappa shape index (κ1) is 17.5. The first-order valence-electron chi connectivity index (χ1n) is 7.80. The number of hydrogen-bond donors (Lipinski definition) is 1. The van der Waals surface area contributed by atoms with Crippen LogP contribution >= 0.6 is 23.1 Å². The Morgan fingerprint density at radius 2 is 2.08 bits per heavy atom. The minimum atomic E-state index is 0.789. The molecular weight excluding hydrogens is 350 g/mol. The molecule has 3 rings (SSSR count). The average Bonchev–Trinajstić information content (AvgIpc) is 3.06. The van der Waals surface area contributed by atoms with E-state index in [4.69, 9.17) is 4.74 Å². The summed E-state index contributed by atoms with van der Waals surface area (Å²) >= 11 is 3.33. The fourth-order valence-electron chi connectivity index (χ4n) is 2.21. The van der Waals surface area contributed by atoms with Gasteiger partial charge in [0.2, 0.25) is 5.13 Å². The summed E-state index contributed by atoms with van der Waals surface area (Å²) < 4.78 is 5.54. The molecule has 0 aliphatic carbocycles. The molecule has 0 saturated heterocycles. The molecule has 0 bridgehead atoms. The van der Waals surface area contributed by atoms with Gasteiger partial charge >= 0.3 is 0 Å². The van der Waals surface area contributed by atoms with Gasteiger partial charge in [0.05, 0.1) is 19.0 Å². The van der Waals surface area contributed by atoms with Crippen molar-refractivity contribution in [3.63, 3.8) is 0 Å². The van der Waals surface area contributed by atoms with Gasteiger partial charge in [-0.3, -0.25) is 5.43 Å². The summed E-state index contributed by atoms with van der Waals surface area (Å²) in [5.41, 5.74) is 6.08. The van der Waals surface area contributed by atoms with Gasteiger partial charge in [-0.15, -0.1) is 23.1 Å². The van der Waals surface area contributed by atoms with Gasteiger partial charge in [0.15, 0.2) is 0 Å². The van der Waals surface area contributed by atoms with Crippen LogP contribution in [0.1, 0.15) is 16.8 Å². The lowest BCUT2D eigenvalue weighted by molar-refractivity contribution is 0.411. The van der Waals surface area contributed by atoms with E-state index in [1.165, 1.54) is 16.2 Å². The van der Waals surface area contributed by atoms with Crippen molar-refractivity contribution >= 4 is 34.4 Å². The summed E-state index contributed by atoms with van der Waals surface area (Å²) in [5, 5.41) is 7.01. The predicted molar refractivity (Wildman–Crippen MR) is 107 cm³/mol. The van der Waals surface area contributed by atoms with Crippen molar-refractivity contribution in [2.45, 2.75) is 17.6 Å². The summed E-state index contributed by atoms with van der Waals surface area (Å²) in [4.78, 5) is 5.56. The number of aryl methyl sites for hydroxylation is 1. The van der Waals surface area contributed by atoms with E-state index >= 15 is 0 Å². The minimum absolute atomic E-state index is 0.789. The number of benzene rings is 2. The molecular formula is C19H19N3OS2. The summed E-state index contributed by atoms with van der Waals surface area (Å²) in [6.07, 6.45) is 1.77. The van der Waals surface area contributed by atoms with Crippen molar-refractivity contribution in [3.8, 4) is 5.75 Å². The maximum atomic E-state index is 5.54. The summed E-state index contributed by atoms with van der Waals surface area (Å²) in [6.45, 7) is 1.96. The molecule has 0 aliphatic heterocycles. The molecule has 25 heavy (non-hydrogen) atoms. The highest BCUT2D eigenvalue weighted by Gasteiger charge is 2.05. The van der Waals surface area contributed by atoms with Crippen molar-refractivity contribution in [2.75, 3.05) is 12.5 Å². The fourth-order valence-corrected chi connectivity index (χ4v) is 3.75. The van der Waals surface area contributed by atoms with Gasteiger partial charge in [0.1, 0.15) is 5.75 Å². The van der Waals surface area contributed by atoms with Crippen molar-refractivity contribution in [1.82, 2.24) is 4.98 Å². The largest absolute Gasteiger partial charge is 0.496 e. The SMILES string of the molecule is COc1cc(C=NNc2nc(C)cs2)ccc1CSc1ccccc1. The monoisotopic (exact) mass is 369 g/mol. The van der Waals surface area contributed by atoms with Crippen LogP contribution in [-0.2, 0) is 5.75 Å². The zero-order valence-corrected chi connectivity index (χ0v) is 15.7. The molecule has 128 valence electrons. The number of aromatic nitrogens is 1. The quantitative estimate of drug-likeness (QED) is 0.353. The van der Waals surface area contributed by atoms with Gasteiger partial charge < -0.3 is 4.74 Å². The Balaban J connectivity index is 1.64. The Kier molecular flexibility index (Phi) is 6.09. The van der Waals surface area contributed by atoms with Crippen LogP contribution in [0.3, 0.4) is 0 Å². The molecule has 6 heteroatoms. The number of thioether (sulfide) groups is 1. The van der Waals surface area contributed by atoms with E-state index in [-0.39, 0.29) is 0 Å². The molecule has 0 fully saturated rings. The number of hydrogen-bond acceptors (Lipinski definition) is 6. The van der Waals surface area contributed by atoms with Crippen LogP contribution in [-0.4, -0.2) is 18.3 Å². The summed E-state index contributed by atoms with van der Waals surface area (Å²) in [6, 6.07) is 16.5. The zero-order valence-electron chi connectivity index (χ0n) is 14.1. The highest BCUT2D eigenvalue weighted by atomic mass is 32.2. The second-order valence-corrected chi connectivity index (χ2v) is 7.24. The molecule has 0 amide bonds. The van der Waals surface area contributed by atoms with Crippen molar-refractivity contribution in [1.29, 1.82) is 0 Å². The van der Waals surface area contributed by atoms with Crippen molar-refractivity contribution < 1.29 is 4.74 Å². The molecule has 4 nitrogen and oxygen atoms in total. The lowest BCUT2D eigenvalue weighted by Crippen LogP contribution is -1.94. The first-order valence-corrected chi connectivity index (χ1v) is 9.67. The van der Waals surface area contributed by atoms with E-state index in [9.17, 15) is 0 Å². The molecule has 1 aromatic heterocycles. The van der Waals surface area contributed by atoms with E-state index in [1.807, 2.05) is 30.5 Å². The normalized spacial score (nSPS) is 11.0. The molecule has 0 radical (unpaired) electrons. The third-order valence-electron chi connectivity index (χ3n) is 3.44. The van der Waals surface area contributed by atoms with E-state index < -0.39 is 0 Å². The minimum Gasteiger partial charge on any atom is -0.496 e. The van der Waals surface area contributed by atoms with E-state index in [1.54, 1.807) is 25.1 Å². The van der Waals surface area contributed by atoms with Crippen molar-refractivity contribution in [3.05, 3.63) is 70.7 Å². The molecule has 0 unspecified atom stereocenters. The number of rotatable bonds is 7. The van der Waals surface area contributed by atoms with E-state index in [0.717, 1.165) is 33.5 Å². The van der Waals surface area contributed by atoms with Gasteiger partial charge in [-0.2, -0.15) is 5.10 Å². The molecule has 0 aliphatic rings. The second kappa shape index (κ2) is 8.69. The van der Waals surface area contributed by atoms with Crippen LogP contribution in [0, 0.1) is 6.92 Å². The van der Waals surface area contributed by atoms with Crippen LogP contribution in [0.15, 0.2) is 63.9 Å². The van der Waals surface area contributed by atoms with Crippen LogP contribution in [0.4, 0.5) is 5.13 Å². The Morgan fingerprint density at radius 1 is 1.24 bits per heavy atom. The number of nitrogens with one attached hydrogen (secondary N) is 1. The average molecular weight is 370 g/mol. The Hall–Kier alpha value is -2.31. The van der Waals surface area contributed by atoms with Gasteiger partial charge in [-0.05, 0) is 30.7 Å². The standard InChI is InChI=1S/C19H19N3OS2/c1-14-12-25-19(21-14)22-20-11-15-8-9-16(18(10-15)23-2)13-24-17-6-4-3-5-7-17/h3-12H,13H2,1-2H3,(H,21,22). The van der Waals surface area contributed by atoms with E-state index in [2.05, 4.69) is 45.8 Å². The lowest BCUT2D eigenvalue weighted by Gasteiger charge is -2.09. The number of anilines is 1. The topological polar surface area (TPSA) is 46.5 Å². The molecule has 0 spiro atoms. The highest BCUT2D eigenvalue weighted by Crippen LogP contribution is 2.28. The number of hydrazone groups is 1. The van der Waals surface area contributed by atoms with Crippen LogP contribution in [0.2, 0.25) is 0 Å². The number of ether oxygens (including phenoxy) is 1. The Labute approximate surface area is 156 Å². The Bertz CT molecular complexity index is 847. The van der Waals surface area contributed by atoms with Crippen LogP contribution in [0.5, 0.6) is 5.75 Å². The van der Waals surface area contributed by atoms with Gasteiger partial charge in [-0.1, -0.05) is 30.3 Å². The smallest absolute Gasteiger partial charge is 0.203 e. The fraction of sp³-hybridized carbons (Fsp3) is 0.158. The maximum absolute atomic E-state index is 5.54. The van der Waals surface area contributed by atoms with Gasteiger partial charge in [0, 0.05) is 21.6 Å². The third kappa shape index (κ3) is 5.08.